The van der Waals surface area contributed by atoms with Gasteiger partial charge >= 0.3 is 7.12 Å². The van der Waals surface area contributed by atoms with Crippen LogP contribution in [0.2, 0.25) is 0 Å². The van der Waals surface area contributed by atoms with Crippen molar-refractivity contribution in [1.82, 2.24) is 4.90 Å². The van der Waals surface area contributed by atoms with Crippen LogP contribution < -0.4 is 5.46 Å². The molecule has 5 heteroatoms. The van der Waals surface area contributed by atoms with Crippen molar-refractivity contribution in [3.8, 4) is 0 Å². The van der Waals surface area contributed by atoms with E-state index in [2.05, 4.69) is 56.9 Å². The Bertz CT molecular complexity index is 613. The Kier molecular flexibility index (Phi) is 4.93. The quantitative estimate of drug-likeness (QED) is 0.778. The molecule has 1 aromatic rings. The third-order valence-electron chi connectivity index (χ3n) is 6.74. The van der Waals surface area contributed by atoms with E-state index in [-0.39, 0.29) is 18.3 Å². The van der Waals surface area contributed by atoms with Gasteiger partial charge in [-0.3, -0.25) is 4.90 Å². The number of benzene rings is 1. The number of morpholine rings is 1. The fourth-order valence-corrected chi connectivity index (χ4v) is 4.37. The Hall–Kier alpha value is -0.875. The van der Waals surface area contributed by atoms with Crippen LogP contribution in [0.15, 0.2) is 24.3 Å². The molecule has 3 aliphatic rings. The Labute approximate surface area is 158 Å². The summed E-state index contributed by atoms with van der Waals surface area (Å²) in [7, 11) is -0.278. The topological polar surface area (TPSA) is 30.9 Å². The highest BCUT2D eigenvalue weighted by atomic mass is 16.7. The molecule has 2 aliphatic heterocycles. The van der Waals surface area contributed by atoms with Crippen molar-refractivity contribution < 1.29 is 14.0 Å². The zero-order valence-electron chi connectivity index (χ0n) is 16.7. The summed E-state index contributed by atoms with van der Waals surface area (Å²) >= 11 is 0. The van der Waals surface area contributed by atoms with Gasteiger partial charge in [0.15, 0.2) is 0 Å². The molecule has 0 radical (unpaired) electrons. The van der Waals surface area contributed by atoms with Gasteiger partial charge < -0.3 is 14.0 Å². The van der Waals surface area contributed by atoms with E-state index in [4.69, 9.17) is 14.0 Å². The lowest BCUT2D eigenvalue weighted by molar-refractivity contribution is -0.0911. The molecule has 2 unspecified atom stereocenters. The lowest BCUT2D eigenvalue weighted by Crippen LogP contribution is -2.52. The predicted molar refractivity (Wildman–Crippen MR) is 105 cm³/mol. The van der Waals surface area contributed by atoms with E-state index < -0.39 is 0 Å². The molecule has 3 fully saturated rings. The monoisotopic (exact) mass is 357 g/mol. The van der Waals surface area contributed by atoms with Crippen molar-refractivity contribution in [3.63, 3.8) is 0 Å². The Morgan fingerprint density at radius 3 is 2.35 bits per heavy atom. The lowest BCUT2D eigenvalue weighted by atomic mass is 9.79. The summed E-state index contributed by atoms with van der Waals surface area (Å²) in [6.07, 6.45) is 5.60. The maximum atomic E-state index is 6.16. The van der Waals surface area contributed by atoms with Crippen LogP contribution in [0.3, 0.4) is 0 Å². The summed E-state index contributed by atoms with van der Waals surface area (Å²) in [6, 6.07) is 9.38. The molecule has 26 heavy (non-hydrogen) atoms. The molecule has 2 atom stereocenters. The van der Waals surface area contributed by atoms with Crippen LogP contribution in [0.1, 0.15) is 58.9 Å². The van der Waals surface area contributed by atoms with E-state index in [0.717, 1.165) is 25.2 Å². The number of hydrogen-bond acceptors (Lipinski definition) is 4. The van der Waals surface area contributed by atoms with Crippen LogP contribution in [0, 0.1) is 0 Å². The molecular weight excluding hydrogens is 325 g/mol. The molecule has 0 amide bonds. The first-order valence-corrected chi connectivity index (χ1v) is 10.2. The standard InChI is InChI=1S/C21H32BNO3/c1-20(2)21(3,4)26-22(25-20)17-11-9-16(10-12-17)15-23-13-14-24-19-8-6-5-7-18(19)23/h9-12,18-19H,5-8,13-15H2,1-4H3. The van der Waals surface area contributed by atoms with E-state index >= 15 is 0 Å². The van der Waals surface area contributed by atoms with Crippen molar-refractivity contribution in [1.29, 1.82) is 0 Å². The fourth-order valence-electron chi connectivity index (χ4n) is 4.37. The summed E-state index contributed by atoms with van der Waals surface area (Å²) < 4.78 is 18.3. The van der Waals surface area contributed by atoms with Crippen molar-refractivity contribution in [3.05, 3.63) is 29.8 Å². The van der Waals surface area contributed by atoms with Crippen LogP contribution >= 0.6 is 0 Å². The van der Waals surface area contributed by atoms with Gasteiger partial charge in [0.2, 0.25) is 0 Å². The molecule has 0 aromatic heterocycles. The third-order valence-corrected chi connectivity index (χ3v) is 6.74. The van der Waals surface area contributed by atoms with Gasteiger partial charge in [-0.2, -0.15) is 0 Å². The number of rotatable bonds is 3. The second-order valence-electron chi connectivity index (χ2n) is 9.06. The highest BCUT2D eigenvalue weighted by molar-refractivity contribution is 6.62. The van der Waals surface area contributed by atoms with E-state index in [9.17, 15) is 0 Å². The summed E-state index contributed by atoms with van der Waals surface area (Å²) in [5, 5.41) is 0. The largest absolute Gasteiger partial charge is 0.494 e. The molecule has 0 spiro atoms. The van der Waals surface area contributed by atoms with Crippen molar-refractivity contribution in [2.45, 2.75) is 83.3 Å². The van der Waals surface area contributed by atoms with Crippen molar-refractivity contribution in [2.75, 3.05) is 13.2 Å². The van der Waals surface area contributed by atoms with Gasteiger partial charge in [-0.05, 0) is 51.6 Å². The molecular formula is C21H32BNO3. The second-order valence-corrected chi connectivity index (χ2v) is 9.06. The first-order valence-electron chi connectivity index (χ1n) is 10.2. The van der Waals surface area contributed by atoms with Crippen LogP contribution in [0.25, 0.3) is 0 Å². The normalized spacial score (nSPS) is 31.0. The first-order chi connectivity index (χ1) is 12.4. The molecule has 4 nitrogen and oxygen atoms in total. The summed E-state index contributed by atoms with van der Waals surface area (Å²) in [5.74, 6) is 0. The minimum absolute atomic E-state index is 0.278. The average Bonchev–Trinajstić information content (AvgIpc) is 2.84. The lowest BCUT2D eigenvalue weighted by Gasteiger charge is -2.43. The highest BCUT2D eigenvalue weighted by Gasteiger charge is 2.51. The SMILES string of the molecule is CC1(C)OB(c2ccc(CN3CCOC4CCCCC43)cc2)OC1(C)C. The molecule has 1 aliphatic carbocycles. The van der Waals surface area contributed by atoms with Gasteiger partial charge in [0.1, 0.15) is 0 Å². The van der Waals surface area contributed by atoms with Crippen LogP contribution in [-0.2, 0) is 20.6 Å². The Morgan fingerprint density at radius 2 is 1.65 bits per heavy atom. The molecule has 1 aromatic carbocycles. The van der Waals surface area contributed by atoms with Gasteiger partial charge in [0.25, 0.3) is 0 Å². The zero-order valence-corrected chi connectivity index (χ0v) is 16.7. The first kappa shape index (κ1) is 18.5. The molecule has 2 heterocycles. The Morgan fingerprint density at radius 1 is 1.00 bits per heavy atom. The van der Waals surface area contributed by atoms with Crippen LogP contribution in [0.4, 0.5) is 0 Å². The zero-order chi connectivity index (χ0) is 18.4. The minimum Gasteiger partial charge on any atom is -0.399 e. The molecule has 0 bridgehead atoms. The smallest absolute Gasteiger partial charge is 0.399 e. The average molecular weight is 357 g/mol. The second kappa shape index (κ2) is 6.94. The summed E-state index contributed by atoms with van der Waals surface area (Å²) in [5.41, 5.74) is 1.88. The molecule has 142 valence electrons. The van der Waals surface area contributed by atoms with Gasteiger partial charge in [0, 0.05) is 19.1 Å². The van der Waals surface area contributed by atoms with Crippen LogP contribution in [0.5, 0.6) is 0 Å². The van der Waals surface area contributed by atoms with Gasteiger partial charge in [-0.1, -0.05) is 37.1 Å². The van der Waals surface area contributed by atoms with Crippen LogP contribution in [-0.4, -0.2) is 48.5 Å². The third kappa shape index (κ3) is 3.47. The maximum absolute atomic E-state index is 6.16. The number of ether oxygens (including phenoxy) is 1. The Balaban J connectivity index is 1.42. The molecule has 1 saturated carbocycles. The summed E-state index contributed by atoms with van der Waals surface area (Å²) in [4.78, 5) is 2.62. The molecule has 2 saturated heterocycles. The number of nitrogens with zero attached hydrogens (tertiary/aromatic N) is 1. The summed E-state index contributed by atoms with van der Waals surface area (Å²) in [6.45, 7) is 11.3. The van der Waals surface area contributed by atoms with Gasteiger partial charge in [-0.15, -0.1) is 0 Å². The number of hydrogen-bond donors (Lipinski definition) is 0. The minimum atomic E-state index is -0.292. The van der Waals surface area contributed by atoms with Gasteiger partial charge in [0.05, 0.1) is 23.9 Å². The van der Waals surface area contributed by atoms with E-state index in [1.54, 1.807) is 0 Å². The van der Waals surface area contributed by atoms with E-state index in [1.165, 1.54) is 31.2 Å². The molecule has 0 N–H and O–H groups in total. The highest BCUT2D eigenvalue weighted by Crippen LogP contribution is 2.36. The fraction of sp³-hybridized carbons (Fsp3) is 0.714. The van der Waals surface area contributed by atoms with E-state index in [1.807, 2.05) is 0 Å². The molecule has 4 rings (SSSR count). The van der Waals surface area contributed by atoms with E-state index in [0.29, 0.717) is 12.1 Å². The van der Waals surface area contributed by atoms with Crippen molar-refractivity contribution >= 4 is 12.6 Å². The predicted octanol–water partition coefficient (Wildman–Crippen LogP) is 3.13. The van der Waals surface area contributed by atoms with Crippen molar-refractivity contribution in [2.24, 2.45) is 0 Å². The maximum Gasteiger partial charge on any atom is 0.494 e. The van der Waals surface area contributed by atoms with Gasteiger partial charge in [-0.25, -0.2) is 0 Å². The number of fused-ring (bicyclic) bond motifs is 1.